The summed E-state index contributed by atoms with van der Waals surface area (Å²) >= 11 is 0. The Hall–Kier alpha value is -2.00. The van der Waals surface area contributed by atoms with E-state index in [-0.39, 0.29) is 11.1 Å². The fourth-order valence-corrected chi connectivity index (χ4v) is 4.25. The zero-order valence-electron chi connectivity index (χ0n) is 13.2. The average Bonchev–Trinajstić information content (AvgIpc) is 2.88. The number of carbonyl (C=O) groups is 1. The minimum atomic E-state index is -3.67. The van der Waals surface area contributed by atoms with Crippen molar-refractivity contribution in [2.75, 3.05) is 14.2 Å². The molecule has 0 saturated heterocycles. The quantitative estimate of drug-likeness (QED) is 0.779. The third kappa shape index (κ3) is 2.49. The number of allylic oxidation sites excluding steroid dienone is 1. The number of ketones is 1. The average molecular weight is 328 g/mol. The van der Waals surface area contributed by atoms with Crippen molar-refractivity contribution in [2.24, 2.45) is 0 Å². The lowest BCUT2D eigenvalue weighted by molar-refractivity contribution is 0.104. The van der Waals surface area contributed by atoms with Gasteiger partial charge in [0.2, 0.25) is 5.78 Å². The van der Waals surface area contributed by atoms with Crippen LogP contribution in [0.3, 0.4) is 0 Å². The molecular formula is C18H17O4P. The molecule has 0 spiro atoms. The molecule has 23 heavy (non-hydrogen) atoms. The molecule has 0 N–H and O–H groups in total. The van der Waals surface area contributed by atoms with Crippen LogP contribution in [0.5, 0.6) is 0 Å². The van der Waals surface area contributed by atoms with E-state index in [2.05, 4.69) is 0 Å². The van der Waals surface area contributed by atoms with Crippen LogP contribution in [0.2, 0.25) is 0 Å². The van der Waals surface area contributed by atoms with E-state index in [0.717, 1.165) is 16.7 Å². The van der Waals surface area contributed by atoms with Crippen LogP contribution in [0, 0.1) is 6.92 Å². The third-order valence-electron chi connectivity index (χ3n) is 3.96. The molecular weight excluding hydrogens is 311 g/mol. The Morgan fingerprint density at radius 2 is 1.57 bits per heavy atom. The fraction of sp³-hybridized carbons (Fsp3) is 0.167. The van der Waals surface area contributed by atoms with Crippen molar-refractivity contribution in [3.05, 3.63) is 76.1 Å². The highest BCUT2D eigenvalue weighted by Crippen LogP contribution is 2.61. The van der Waals surface area contributed by atoms with Gasteiger partial charge in [-0.2, -0.15) is 0 Å². The number of fused-ring (bicyclic) bond motifs is 1. The Balaban J connectivity index is 2.36. The van der Waals surface area contributed by atoms with Crippen LogP contribution in [-0.2, 0) is 13.6 Å². The molecule has 0 fully saturated rings. The Bertz CT molecular complexity index is 845. The van der Waals surface area contributed by atoms with Crippen LogP contribution in [0.1, 0.15) is 27.0 Å². The van der Waals surface area contributed by atoms with Gasteiger partial charge in [0.15, 0.2) is 0 Å². The first kappa shape index (κ1) is 15.9. The zero-order valence-corrected chi connectivity index (χ0v) is 14.1. The lowest BCUT2D eigenvalue weighted by Gasteiger charge is -2.16. The number of carbonyl (C=O) groups excluding carboxylic acids is 1. The van der Waals surface area contributed by atoms with E-state index in [9.17, 15) is 9.36 Å². The largest absolute Gasteiger partial charge is 0.365 e. The van der Waals surface area contributed by atoms with E-state index in [1.54, 1.807) is 0 Å². The number of hydrogen-bond donors (Lipinski definition) is 0. The summed E-state index contributed by atoms with van der Waals surface area (Å²) in [4.78, 5) is 12.9. The standard InChI is InChI=1S/C18H17O4P/c1-12-9-10-14-15(11-12)17(19)18(23(20,21-2)22-3)16(14)13-7-5-4-6-8-13/h4-11H,1-3H3. The van der Waals surface area contributed by atoms with Crippen molar-refractivity contribution >= 4 is 19.0 Å². The van der Waals surface area contributed by atoms with Gasteiger partial charge in [0.1, 0.15) is 5.31 Å². The maximum atomic E-state index is 13.0. The van der Waals surface area contributed by atoms with Gasteiger partial charge in [0.25, 0.3) is 0 Å². The van der Waals surface area contributed by atoms with Crippen LogP contribution in [-0.4, -0.2) is 20.0 Å². The number of aryl methyl sites for hydroxylation is 1. The van der Waals surface area contributed by atoms with Crippen molar-refractivity contribution in [3.8, 4) is 0 Å². The first-order valence-electron chi connectivity index (χ1n) is 7.19. The summed E-state index contributed by atoms with van der Waals surface area (Å²) in [5, 5.41) is 0.106. The minimum Gasteiger partial charge on any atom is -0.308 e. The monoisotopic (exact) mass is 328 g/mol. The van der Waals surface area contributed by atoms with Crippen molar-refractivity contribution in [1.82, 2.24) is 0 Å². The molecule has 2 aromatic carbocycles. The number of benzene rings is 2. The summed E-state index contributed by atoms with van der Waals surface area (Å²) in [6, 6.07) is 15.0. The van der Waals surface area contributed by atoms with Crippen LogP contribution in [0.15, 0.2) is 53.8 Å². The maximum Gasteiger partial charge on any atom is 0.365 e. The Kier molecular flexibility index (Phi) is 4.07. The predicted molar refractivity (Wildman–Crippen MR) is 89.6 cm³/mol. The summed E-state index contributed by atoms with van der Waals surface area (Å²) in [7, 11) is -1.09. The Labute approximate surface area is 135 Å². The normalized spacial score (nSPS) is 14.3. The topological polar surface area (TPSA) is 52.6 Å². The predicted octanol–water partition coefficient (Wildman–Crippen LogP) is 4.44. The number of Topliss-reactive ketones (excluding diaryl/α,β-unsaturated/α-hetero) is 1. The summed E-state index contributed by atoms with van der Waals surface area (Å²) < 4.78 is 23.2. The first-order valence-corrected chi connectivity index (χ1v) is 8.73. The van der Waals surface area contributed by atoms with Gasteiger partial charge in [-0.05, 0) is 24.1 Å². The van der Waals surface area contributed by atoms with Crippen LogP contribution >= 0.6 is 7.60 Å². The zero-order chi connectivity index (χ0) is 16.6. The first-order chi connectivity index (χ1) is 11.0. The Morgan fingerprint density at radius 1 is 0.913 bits per heavy atom. The minimum absolute atomic E-state index is 0.106. The molecule has 0 heterocycles. The second kappa shape index (κ2) is 5.89. The molecule has 0 unspecified atom stereocenters. The molecule has 5 heteroatoms. The molecule has 0 saturated carbocycles. The van der Waals surface area contributed by atoms with Gasteiger partial charge < -0.3 is 9.05 Å². The highest BCUT2D eigenvalue weighted by Gasteiger charge is 2.42. The molecule has 118 valence electrons. The lowest BCUT2D eigenvalue weighted by Crippen LogP contribution is -2.03. The summed E-state index contributed by atoms with van der Waals surface area (Å²) in [6.45, 7) is 1.92. The molecule has 0 atom stereocenters. The van der Waals surface area contributed by atoms with Gasteiger partial charge in [-0.15, -0.1) is 0 Å². The van der Waals surface area contributed by atoms with Crippen molar-refractivity contribution in [1.29, 1.82) is 0 Å². The third-order valence-corrected chi connectivity index (χ3v) is 5.89. The molecule has 0 aromatic heterocycles. The highest BCUT2D eigenvalue weighted by atomic mass is 31.2. The lowest BCUT2D eigenvalue weighted by atomic mass is 9.98. The molecule has 1 aliphatic rings. The van der Waals surface area contributed by atoms with Gasteiger partial charge in [0, 0.05) is 25.4 Å². The van der Waals surface area contributed by atoms with Crippen molar-refractivity contribution in [3.63, 3.8) is 0 Å². The van der Waals surface area contributed by atoms with Gasteiger partial charge in [0.05, 0.1) is 0 Å². The van der Waals surface area contributed by atoms with Gasteiger partial charge in [-0.25, -0.2) is 0 Å². The molecule has 0 aliphatic heterocycles. The van der Waals surface area contributed by atoms with Crippen LogP contribution in [0.25, 0.3) is 5.57 Å². The highest BCUT2D eigenvalue weighted by molar-refractivity contribution is 7.60. The molecule has 0 amide bonds. The van der Waals surface area contributed by atoms with Gasteiger partial charge >= 0.3 is 7.60 Å². The van der Waals surface area contributed by atoms with Crippen molar-refractivity contribution in [2.45, 2.75) is 6.92 Å². The smallest absolute Gasteiger partial charge is 0.308 e. The van der Waals surface area contributed by atoms with Gasteiger partial charge in [-0.1, -0.05) is 48.0 Å². The Morgan fingerprint density at radius 3 is 2.17 bits per heavy atom. The number of hydrogen-bond acceptors (Lipinski definition) is 4. The van der Waals surface area contributed by atoms with E-state index in [4.69, 9.17) is 9.05 Å². The van der Waals surface area contributed by atoms with E-state index >= 15 is 0 Å². The molecule has 4 nitrogen and oxygen atoms in total. The van der Waals surface area contributed by atoms with Crippen LogP contribution < -0.4 is 0 Å². The summed E-state index contributed by atoms with van der Waals surface area (Å²) in [5.74, 6) is -0.297. The van der Waals surface area contributed by atoms with Crippen molar-refractivity contribution < 1.29 is 18.4 Å². The van der Waals surface area contributed by atoms with E-state index in [1.165, 1.54) is 14.2 Å². The van der Waals surface area contributed by atoms with E-state index in [0.29, 0.717) is 11.1 Å². The number of rotatable bonds is 4. The molecule has 0 radical (unpaired) electrons. The molecule has 3 rings (SSSR count). The second-order valence-corrected chi connectivity index (χ2v) is 7.50. The summed E-state index contributed by atoms with van der Waals surface area (Å²) in [6.07, 6.45) is 0. The molecule has 2 aromatic rings. The van der Waals surface area contributed by atoms with E-state index in [1.807, 2.05) is 55.5 Å². The SMILES string of the molecule is COP(=O)(OC)C1=C(c2ccccc2)c2ccc(C)cc2C1=O. The van der Waals surface area contributed by atoms with E-state index < -0.39 is 7.60 Å². The van der Waals surface area contributed by atoms with Crippen LogP contribution in [0.4, 0.5) is 0 Å². The second-order valence-electron chi connectivity index (χ2n) is 5.33. The fourth-order valence-electron chi connectivity index (χ4n) is 2.85. The molecule has 0 bridgehead atoms. The van der Waals surface area contributed by atoms with Gasteiger partial charge in [-0.3, -0.25) is 9.36 Å². The molecule has 1 aliphatic carbocycles. The maximum absolute atomic E-state index is 13.0. The summed E-state index contributed by atoms with van der Waals surface area (Å²) in [5.41, 5.74) is 3.70.